The molecular weight excluding hydrogens is 308 g/mol. The van der Waals surface area contributed by atoms with Gasteiger partial charge in [-0.15, -0.1) is 6.58 Å². The van der Waals surface area contributed by atoms with Crippen LogP contribution in [0.2, 0.25) is 0 Å². The van der Waals surface area contributed by atoms with Crippen LogP contribution >= 0.6 is 0 Å². The number of nitrogen functional groups attached to an aromatic ring is 1. The van der Waals surface area contributed by atoms with Gasteiger partial charge in [0.25, 0.3) is 5.56 Å². The Labute approximate surface area is 140 Å². The van der Waals surface area contributed by atoms with E-state index in [2.05, 4.69) is 11.6 Å². The fourth-order valence-corrected chi connectivity index (χ4v) is 3.57. The number of anilines is 1. The van der Waals surface area contributed by atoms with Crippen molar-refractivity contribution in [1.82, 2.24) is 14.5 Å². The molecule has 130 valence electrons. The highest BCUT2D eigenvalue weighted by Gasteiger charge is 2.31. The number of ketones is 1. The van der Waals surface area contributed by atoms with Gasteiger partial charge >= 0.3 is 5.69 Å². The molecule has 0 radical (unpaired) electrons. The minimum absolute atomic E-state index is 0.00000953. The number of nitrogens with zero attached hydrogens (tertiary/aromatic N) is 2. The number of nitrogens with one attached hydrogen (secondary N) is 1. The van der Waals surface area contributed by atoms with Crippen molar-refractivity contribution in [3.05, 3.63) is 39.1 Å². The number of aromatic amines is 1. The number of carbonyl (C=O) groups excluding carboxylic acids is 1. The van der Waals surface area contributed by atoms with Gasteiger partial charge < -0.3 is 5.73 Å². The number of hydrogen-bond acceptors (Lipinski definition) is 5. The number of Topliss-reactive ketones (excluding diaryl/α,β-unsaturated/α-hetero) is 1. The van der Waals surface area contributed by atoms with Crippen molar-refractivity contribution in [2.45, 2.75) is 50.6 Å². The Morgan fingerprint density at radius 2 is 1.96 bits per heavy atom. The molecule has 1 aromatic rings. The molecule has 0 bridgehead atoms. The molecule has 0 aliphatic heterocycles. The van der Waals surface area contributed by atoms with E-state index in [0.29, 0.717) is 12.6 Å². The Kier molecular flexibility index (Phi) is 4.71. The Morgan fingerprint density at radius 3 is 2.54 bits per heavy atom. The lowest BCUT2D eigenvalue weighted by Crippen LogP contribution is -2.41. The van der Waals surface area contributed by atoms with E-state index in [9.17, 15) is 14.4 Å². The summed E-state index contributed by atoms with van der Waals surface area (Å²) in [4.78, 5) is 41.1. The maximum Gasteiger partial charge on any atom is 0.330 e. The molecule has 0 spiro atoms. The molecule has 7 heteroatoms. The van der Waals surface area contributed by atoms with E-state index in [0.717, 1.165) is 38.5 Å². The highest BCUT2D eigenvalue weighted by molar-refractivity contribution is 6.01. The van der Waals surface area contributed by atoms with Gasteiger partial charge in [-0.3, -0.25) is 24.0 Å². The summed E-state index contributed by atoms with van der Waals surface area (Å²) in [6.07, 6.45) is 7.86. The fourth-order valence-electron chi connectivity index (χ4n) is 3.57. The van der Waals surface area contributed by atoms with Crippen molar-refractivity contribution in [2.24, 2.45) is 0 Å². The first-order chi connectivity index (χ1) is 11.5. The Hall–Kier alpha value is -2.15. The van der Waals surface area contributed by atoms with Crippen LogP contribution in [0.3, 0.4) is 0 Å². The third-order valence-electron chi connectivity index (χ3n) is 4.92. The Balaban J connectivity index is 1.88. The zero-order chi connectivity index (χ0) is 17.3. The van der Waals surface area contributed by atoms with Crippen molar-refractivity contribution in [1.29, 1.82) is 0 Å². The van der Waals surface area contributed by atoms with E-state index >= 15 is 0 Å². The van der Waals surface area contributed by atoms with E-state index in [4.69, 9.17) is 5.73 Å². The van der Waals surface area contributed by atoms with Crippen LogP contribution in [0.5, 0.6) is 0 Å². The van der Waals surface area contributed by atoms with Crippen LogP contribution in [0.4, 0.5) is 5.82 Å². The molecule has 24 heavy (non-hydrogen) atoms. The van der Waals surface area contributed by atoms with Gasteiger partial charge in [-0.05, 0) is 25.7 Å². The van der Waals surface area contributed by atoms with Gasteiger partial charge in [0.1, 0.15) is 11.4 Å². The molecule has 7 nitrogen and oxygen atoms in total. The smallest absolute Gasteiger partial charge is 0.330 e. The van der Waals surface area contributed by atoms with E-state index < -0.39 is 11.2 Å². The average molecular weight is 332 g/mol. The zero-order valence-electron chi connectivity index (χ0n) is 13.8. The monoisotopic (exact) mass is 332 g/mol. The van der Waals surface area contributed by atoms with Crippen molar-refractivity contribution in [3.63, 3.8) is 0 Å². The fraction of sp³-hybridized carbons (Fsp3) is 0.588. The zero-order valence-corrected chi connectivity index (χ0v) is 13.8. The first-order valence-corrected chi connectivity index (χ1v) is 8.55. The second-order valence-corrected chi connectivity index (χ2v) is 6.70. The molecule has 0 atom stereocenters. The number of aromatic nitrogens is 2. The molecule has 3 rings (SSSR count). The van der Waals surface area contributed by atoms with Crippen molar-refractivity contribution in [3.8, 4) is 0 Å². The van der Waals surface area contributed by atoms with Gasteiger partial charge in [-0.2, -0.15) is 0 Å². The predicted molar refractivity (Wildman–Crippen MR) is 92.4 cm³/mol. The number of rotatable bonds is 7. The largest absolute Gasteiger partial charge is 0.384 e. The van der Waals surface area contributed by atoms with Crippen LogP contribution in [0.1, 0.15) is 54.9 Å². The first kappa shape index (κ1) is 16.7. The molecule has 0 amide bonds. The van der Waals surface area contributed by atoms with E-state index in [-0.39, 0.29) is 29.8 Å². The third-order valence-corrected chi connectivity index (χ3v) is 4.92. The van der Waals surface area contributed by atoms with E-state index in [1.54, 1.807) is 6.08 Å². The Morgan fingerprint density at radius 1 is 1.29 bits per heavy atom. The molecule has 0 aromatic carbocycles. The summed E-state index contributed by atoms with van der Waals surface area (Å²) in [5, 5.41) is 0. The molecule has 1 aromatic heterocycles. The topological polar surface area (TPSA) is 101 Å². The Bertz CT molecular complexity index is 754. The summed E-state index contributed by atoms with van der Waals surface area (Å²) >= 11 is 0. The molecule has 1 heterocycles. The van der Waals surface area contributed by atoms with Gasteiger partial charge in [-0.25, -0.2) is 4.79 Å². The predicted octanol–water partition coefficient (Wildman–Crippen LogP) is 1.07. The van der Waals surface area contributed by atoms with Crippen LogP contribution in [0.15, 0.2) is 22.2 Å². The van der Waals surface area contributed by atoms with Gasteiger partial charge in [0.15, 0.2) is 5.78 Å². The molecular formula is C17H24N4O3. The lowest BCUT2D eigenvalue weighted by Gasteiger charge is -2.26. The van der Waals surface area contributed by atoms with Crippen molar-refractivity contribution >= 4 is 11.6 Å². The molecule has 0 saturated heterocycles. The maximum absolute atomic E-state index is 12.7. The SMILES string of the molecule is C=CCN(CC(=O)c1c(N)n(C2CC2)c(=O)[nH]c1=O)C1CCCC1. The lowest BCUT2D eigenvalue weighted by molar-refractivity contribution is 0.0905. The summed E-state index contributed by atoms with van der Waals surface area (Å²) in [6.45, 7) is 4.46. The standard InChI is InChI=1S/C17H24N4O3/c1-2-9-20(11-5-3-4-6-11)10-13(22)14-15(18)21(12-7-8-12)17(24)19-16(14)23/h2,11-12H,1,3-10,18H2,(H,19,23,24). The van der Waals surface area contributed by atoms with Crippen LogP contribution < -0.4 is 17.0 Å². The van der Waals surface area contributed by atoms with Crippen LogP contribution in [-0.4, -0.2) is 39.4 Å². The van der Waals surface area contributed by atoms with Crippen LogP contribution in [0, 0.1) is 0 Å². The number of hydrogen-bond donors (Lipinski definition) is 2. The normalized spacial score (nSPS) is 18.2. The molecule has 0 unspecified atom stereocenters. The minimum atomic E-state index is -0.690. The van der Waals surface area contributed by atoms with Crippen molar-refractivity contribution < 1.29 is 4.79 Å². The van der Waals surface area contributed by atoms with Gasteiger partial charge in [0.2, 0.25) is 0 Å². The molecule has 2 fully saturated rings. The van der Waals surface area contributed by atoms with E-state index in [1.165, 1.54) is 4.57 Å². The van der Waals surface area contributed by atoms with Crippen LogP contribution in [0.25, 0.3) is 0 Å². The van der Waals surface area contributed by atoms with Gasteiger partial charge in [0, 0.05) is 18.6 Å². The maximum atomic E-state index is 12.7. The second kappa shape index (κ2) is 6.76. The quantitative estimate of drug-likeness (QED) is 0.574. The summed E-state index contributed by atoms with van der Waals surface area (Å²) < 4.78 is 1.35. The summed E-state index contributed by atoms with van der Waals surface area (Å²) in [5.41, 5.74) is 4.70. The summed E-state index contributed by atoms with van der Waals surface area (Å²) in [5.74, 6) is -0.335. The summed E-state index contributed by atoms with van der Waals surface area (Å²) in [6, 6.07) is 0.335. The van der Waals surface area contributed by atoms with Crippen molar-refractivity contribution in [2.75, 3.05) is 18.8 Å². The van der Waals surface area contributed by atoms with Gasteiger partial charge in [0.05, 0.1) is 6.54 Å². The summed E-state index contributed by atoms with van der Waals surface area (Å²) in [7, 11) is 0. The number of nitrogens with two attached hydrogens (primary N) is 1. The van der Waals surface area contributed by atoms with Gasteiger partial charge in [-0.1, -0.05) is 18.9 Å². The number of H-pyrrole nitrogens is 1. The highest BCUT2D eigenvalue weighted by atomic mass is 16.2. The molecule has 3 N–H and O–H groups in total. The molecule has 2 aliphatic carbocycles. The second-order valence-electron chi connectivity index (χ2n) is 6.70. The highest BCUT2D eigenvalue weighted by Crippen LogP contribution is 2.35. The average Bonchev–Trinajstić information content (AvgIpc) is 3.19. The number of carbonyl (C=O) groups is 1. The third kappa shape index (κ3) is 3.21. The molecule has 2 aliphatic rings. The molecule has 2 saturated carbocycles. The first-order valence-electron chi connectivity index (χ1n) is 8.55. The van der Waals surface area contributed by atoms with E-state index in [1.807, 2.05) is 4.90 Å². The minimum Gasteiger partial charge on any atom is -0.384 e. The lowest BCUT2D eigenvalue weighted by atomic mass is 10.1. The van der Waals surface area contributed by atoms with Crippen LogP contribution in [-0.2, 0) is 0 Å².